The molecule has 3 heteroatoms. The third kappa shape index (κ3) is 8.31. The number of allylic oxidation sites excluding steroid dienone is 3. The van der Waals surface area contributed by atoms with Crippen LogP contribution < -0.4 is 0 Å². The third-order valence-corrected chi connectivity index (χ3v) is 2.79. The molecular weight excluding hydrogens is 228 g/mol. The van der Waals surface area contributed by atoms with Gasteiger partial charge in [0.1, 0.15) is 6.61 Å². The Morgan fingerprint density at radius 2 is 1.83 bits per heavy atom. The Morgan fingerprint density at radius 3 is 2.56 bits per heavy atom. The second kappa shape index (κ2) is 11.3. The second-order valence-corrected chi connectivity index (χ2v) is 4.44. The van der Waals surface area contributed by atoms with Crippen LogP contribution in [-0.2, 0) is 14.2 Å². The van der Waals surface area contributed by atoms with Gasteiger partial charge in [0.2, 0.25) is 0 Å². The van der Waals surface area contributed by atoms with Crippen LogP contribution in [0.1, 0.15) is 39.0 Å². The van der Waals surface area contributed by atoms with Crippen molar-refractivity contribution in [3.63, 3.8) is 0 Å². The molecule has 0 amide bonds. The van der Waals surface area contributed by atoms with Crippen LogP contribution in [0.4, 0.5) is 0 Å². The van der Waals surface area contributed by atoms with Crippen molar-refractivity contribution in [3.05, 3.63) is 24.0 Å². The minimum atomic E-state index is 0.627. The molecule has 0 aliphatic heterocycles. The number of hydrogen-bond acceptors (Lipinski definition) is 3. The lowest BCUT2D eigenvalue weighted by Crippen LogP contribution is -2.08. The first kappa shape index (κ1) is 15.3. The molecule has 0 atom stereocenters. The molecule has 0 N–H and O–H groups in total. The van der Waals surface area contributed by atoms with Crippen molar-refractivity contribution in [1.29, 1.82) is 0 Å². The van der Waals surface area contributed by atoms with E-state index in [9.17, 15) is 0 Å². The van der Waals surface area contributed by atoms with Crippen molar-refractivity contribution in [1.82, 2.24) is 0 Å². The fourth-order valence-electron chi connectivity index (χ4n) is 1.68. The second-order valence-electron chi connectivity index (χ2n) is 4.44. The van der Waals surface area contributed by atoms with Gasteiger partial charge in [0, 0.05) is 6.61 Å². The van der Waals surface area contributed by atoms with Crippen LogP contribution in [0.2, 0.25) is 0 Å². The Bertz CT molecular complexity index is 246. The van der Waals surface area contributed by atoms with Gasteiger partial charge in [-0.3, -0.25) is 0 Å². The Morgan fingerprint density at radius 1 is 1.06 bits per heavy atom. The number of hydrogen-bond donors (Lipinski definition) is 0. The lowest BCUT2D eigenvalue weighted by Gasteiger charge is -2.09. The van der Waals surface area contributed by atoms with Gasteiger partial charge in [-0.2, -0.15) is 0 Å². The maximum atomic E-state index is 5.46. The largest absolute Gasteiger partial charge is 0.499 e. The summed E-state index contributed by atoms with van der Waals surface area (Å²) in [5.41, 5.74) is 1.38. The van der Waals surface area contributed by atoms with Gasteiger partial charge < -0.3 is 14.2 Å². The summed E-state index contributed by atoms with van der Waals surface area (Å²) in [6.07, 6.45) is 11.9. The average Bonchev–Trinajstić information content (AvgIpc) is 2.42. The number of rotatable bonds is 10. The van der Waals surface area contributed by atoms with E-state index in [4.69, 9.17) is 14.2 Å². The highest BCUT2D eigenvalue weighted by Gasteiger charge is 1.99. The fourth-order valence-corrected chi connectivity index (χ4v) is 1.68. The van der Waals surface area contributed by atoms with Crippen LogP contribution in [0, 0.1) is 0 Å². The van der Waals surface area contributed by atoms with Crippen LogP contribution >= 0.6 is 0 Å². The highest BCUT2D eigenvalue weighted by atomic mass is 16.5. The molecule has 3 nitrogen and oxygen atoms in total. The summed E-state index contributed by atoms with van der Waals surface area (Å²) >= 11 is 0. The molecular formula is C15H26O3. The molecule has 0 unspecified atom stereocenters. The normalized spacial score (nSPS) is 17.3. The average molecular weight is 254 g/mol. The van der Waals surface area contributed by atoms with Crippen LogP contribution in [0.3, 0.4) is 0 Å². The van der Waals surface area contributed by atoms with E-state index in [0.29, 0.717) is 26.4 Å². The van der Waals surface area contributed by atoms with Crippen molar-refractivity contribution < 1.29 is 14.2 Å². The molecule has 0 bridgehead atoms. The molecule has 0 radical (unpaired) electrons. The number of ether oxygens (including phenoxy) is 3. The van der Waals surface area contributed by atoms with E-state index in [0.717, 1.165) is 32.3 Å². The van der Waals surface area contributed by atoms with Gasteiger partial charge in [-0.15, -0.1) is 0 Å². The maximum Gasteiger partial charge on any atom is 0.111 e. The van der Waals surface area contributed by atoms with Gasteiger partial charge in [-0.1, -0.05) is 25.5 Å². The monoisotopic (exact) mass is 254 g/mol. The molecule has 0 saturated heterocycles. The van der Waals surface area contributed by atoms with E-state index in [1.807, 2.05) is 6.26 Å². The topological polar surface area (TPSA) is 27.7 Å². The molecule has 0 spiro atoms. The van der Waals surface area contributed by atoms with Gasteiger partial charge >= 0.3 is 0 Å². The van der Waals surface area contributed by atoms with Crippen molar-refractivity contribution in [2.24, 2.45) is 0 Å². The standard InChI is InChI=1S/C15H26O3/c1-2-3-9-16-10-11-17-12-13-18-14-15-7-5-4-6-8-15/h4-5,14H,2-3,6-13H2,1H3/b15-14+. The van der Waals surface area contributed by atoms with Gasteiger partial charge in [-0.05, 0) is 31.3 Å². The maximum absolute atomic E-state index is 5.46. The molecule has 1 rings (SSSR count). The molecule has 104 valence electrons. The first-order valence-corrected chi connectivity index (χ1v) is 7.03. The predicted molar refractivity (Wildman–Crippen MR) is 73.6 cm³/mol. The van der Waals surface area contributed by atoms with E-state index in [2.05, 4.69) is 19.1 Å². The van der Waals surface area contributed by atoms with E-state index in [-0.39, 0.29) is 0 Å². The Hall–Kier alpha value is -0.800. The third-order valence-electron chi connectivity index (χ3n) is 2.79. The van der Waals surface area contributed by atoms with E-state index >= 15 is 0 Å². The molecule has 0 aromatic rings. The molecule has 0 saturated carbocycles. The van der Waals surface area contributed by atoms with Crippen molar-refractivity contribution in [2.45, 2.75) is 39.0 Å². The van der Waals surface area contributed by atoms with Crippen LogP contribution in [0.5, 0.6) is 0 Å². The molecule has 1 aliphatic rings. The summed E-state index contributed by atoms with van der Waals surface area (Å²) in [5.74, 6) is 0. The van der Waals surface area contributed by atoms with E-state index in [1.54, 1.807) is 0 Å². The minimum Gasteiger partial charge on any atom is -0.499 e. The van der Waals surface area contributed by atoms with Crippen LogP contribution in [-0.4, -0.2) is 33.0 Å². The summed E-state index contributed by atoms with van der Waals surface area (Å²) < 4.78 is 16.3. The molecule has 0 fully saturated rings. The van der Waals surface area contributed by atoms with Gasteiger partial charge in [-0.25, -0.2) is 0 Å². The summed E-state index contributed by atoms with van der Waals surface area (Å²) in [6.45, 7) is 5.61. The highest BCUT2D eigenvalue weighted by molar-refractivity contribution is 5.10. The van der Waals surface area contributed by atoms with E-state index < -0.39 is 0 Å². The highest BCUT2D eigenvalue weighted by Crippen LogP contribution is 2.16. The SMILES string of the molecule is CCCCOCCOCCO/C=C1\CC=CCC1. The quantitative estimate of drug-likeness (QED) is 0.339. The van der Waals surface area contributed by atoms with Gasteiger partial charge in [0.15, 0.2) is 0 Å². The molecule has 1 aliphatic carbocycles. The Labute approximate surface area is 111 Å². The van der Waals surface area contributed by atoms with Gasteiger partial charge in [0.05, 0.1) is 26.1 Å². The van der Waals surface area contributed by atoms with E-state index in [1.165, 1.54) is 12.0 Å². The number of unbranched alkanes of at least 4 members (excludes halogenated alkanes) is 1. The lowest BCUT2D eigenvalue weighted by atomic mass is 10.0. The zero-order valence-electron chi connectivity index (χ0n) is 11.5. The first-order valence-electron chi connectivity index (χ1n) is 7.03. The molecule has 0 aromatic carbocycles. The molecule has 0 heterocycles. The van der Waals surface area contributed by atoms with Crippen LogP contribution in [0.25, 0.3) is 0 Å². The smallest absolute Gasteiger partial charge is 0.111 e. The fraction of sp³-hybridized carbons (Fsp3) is 0.733. The first-order chi connectivity index (χ1) is 8.93. The lowest BCUT2D eigenvalue weighted by molar-refractivity contribution is 0.0296. The van der Waals surface area contributed by atoms with Crippen molar-refractivity contribution in [2.75, 3.05) is 33.0 Å². The Kier molecular flexibility index (Phi) is 9.58. The molecule has 18 heavy (non-hydrogen) atoms. The van der Waals surface area contributed by atoms with Crippen molar-refractivity contribution >= 4 is 0 Å². The van der Waals surface area contributed by atoms with Crippen LogP contribution in [0.15, 0.2) is 24.0 Å². The summed E-state index contributed by atoms with van der Waals surface area (Å²) in [5, 5.41) is 0. The zero-order valence-corrected chi connectivity index (χ0v) is 11.5. The molecule has 0 aromatic heterocycles. The summed E-state index contributed by atoms with van der Waals surface area (Å²) in [7, 11) is 0. The zero-order chi connectivity index (χ0) is 12.9. The van der Waals surface area contributed by atoms with Crippen molar-refractivity contribution in [3.8, 4) is 0 Å². The summed E-state index contributed by atoms with van der Waals surface area (Å²) in [6, 6.07) is 0. The summed E-state index contributed by atoms with van der Waals surface area (Å²) in [4.78, 5) is 0. The Balaban J connectivity index is 1.82. The minimum absolute atomic E-state index is 0.627. The predicted octanol–water partition coefficient (Wildman–Crippen LogP) is 3.46. The van der Waals surface area contributed by atoms with Gasteiger partial charge in [0.25, 0.3) is 0 Å².